The Kier molecular flexibility index (Phi) is 5.71. The first-order valence-corrected chi connectivity index (χ1v) is 9.56. The molecule has 1 heterocycles. The molecule has 3 aromatic carbocycles. The number of nitrogens with one attached hydrogen (secondary N) is 3. The van der Waals surface area contributed by atoms with Crippen LogP contribution in [0.1, 0.15) is 26.3 Å². The molecule has 0 aliphatic carbocycles. The van der Waals surface area contributed by atoms with Gasteiger partial charge in [-0.25, -0.2) is 5.43 Å². The Bertz CT molecular complexity index is 1340. The third kappa shape index (κ3) is 4.51. The second-order valence-corrected chi connectivity index (χ2v) is 6.83. The lowest BCUT2D eigenvalue weighted by Gasteiger charge is -2.06. The van der Waals surface area contributed by atoms with E-state index in [-0.39, 0.29) is 11.3 Å². The van der Waals surface area contributed by atoms with Gasteiger partial charge in [0.2, 0.25) is 0 Å². The van der Waals surface area contributed by atoms with E-state index in [1.165, 1.54) is 24.3 Å². The predicted molar refractivity (Wildman–Crippen MR) is 121 cm³/mol. The molecular formula is C23H17N5O4. The molecule has 0 saturated carbocycles. The molecule has 9 nitrogen and oxygen atoms in total. The Balaban J connectivity index is 1.37. The average Bonchev–Trinajstić information content (AvgIpc) is 3.22. The summed E-state index contributed by atoms with van der Waals surface area (Å²) in [4.78, 5) is 38.1. The smallest absolute Gasteiger partial charge is 0.271 e. The Morgan fingerprint density at radius 2 is 1.72 bits per heavy atom. The second-order valence-electron chi connectivity index (χ2n) is 6.83. The second kappa shape index (κ2) is 8.92. The number of hydrazone groups is 1. The maximum atomic E-state index is 12.3. The highest BCUT2D eigenvalue weighted by molar-refractivity contribution is 6.05. The number of hydrogen-bond donors (Lipinski definition) is 3. The summed E-state index contributed by atoms with van der Waals surface area (Å²) in [6.45, 7) is 0. The number of anilines is 1. The molecule has 3 N–H and O–H groups in total. The largest absolute Gasteiger partial charge is 0.361 e. The van der Waals surface area contributed by atoms with Crippen LogP contribution in [-0.2, 0) is 0 Å². The molecule has 0 fully saturated rings. The minimum atomic E-state index is -0.564. The van der Waals surface area contributed by atoms with Crippen molar-refractivity contribution in [3.05, 3.63) is 106 Å². The van der Waals surface area contributed by atoms with E-state index in [4.69, 9.17) is 0 Å². The number of fused-ring (bicyclic) bond motifs is 1. The van der Waals surface area contributed by atoms with Crippen LogP contribution in [0.4, 0.5) is 11.4 Å². The van der Waals surface area contributed by atoms with E-state index >= 15 is 0 Å². The van der Waals surface area contributed by atoms with Crippen molar-refractivity contribution in [3.8, 4) is 0 Å². The van der Waals surface area contributed by atoms with Gasteiger partial charge in [-0.3, -0.25) is 19.7 Å². The lowest BCUT2D eigenvalue weighted by molar-refractivity contribution is -0.384. The van der Waals surface area contributed by atoms with Crippen molar-refractivity contribution < 1.29 is 14.5 Å². The van der Waals surface area contributed by atoms with Gasteiger partial charge in [0.1, 0.15) is 0 Å². The number of amides is 2. The fraction of sp³-hybridized carbons (Fsp3) is 0. The number of rotatable bonds is 6. The van der Waals surface area contributed by atoms with Crippen LogP contribution in [0.2, 0.25) is 0 Å². The van der Waals surface area contributed by atoms with Crippen molar-refractivity contribution in [2.75, 3.05) is 5.32 Å². The molecule has 0 spiro atoms. The van der Waals surface area contributed by atoms with Gasteiger partial charge < -0.3 is 10.3 Å². The number of aromatic nitrogens is 1. The Morgan fingerprint density at radius 1 is 0.938 bits per heavy atom. The summed E-state index contributed by atoms with van der Waals surface area (Å²) in [6, 6.07) is 19.4. The Hall–Kier alpha value is -4.79. The van der Waals surface area contributed by atoms with E-state index in [0.717, 1.165) is 16.5 Å². The van der Waals surface area contributed by atoms with Gasteiger partial charge in [0, 0.05) is 51.6 Å². The van der Waals surface area contributed by atoms with Crippen molar-refractivity contribution in [2.45, 2.75) is 0 Å². The van der Waals surface area contributed by atoms with Crippen LogP contribution in [0.5, 0.6) is 0 Å². The number of carbonyl (C=O) groups is 2. The zero-order chi connectivity index (χ0) is 22.5. The Morgan fingerprint density at radius 3 is 2.50 bits per heavy atom. The van der Waals surface area contributed by atoms with E-state index in [0.29, 0.717) is 11.3 Å². The number of benzene rings is 3. The van der Waals surface area contributed by atoms with Crippen LogP contribution in [0, 0.1) is 10.1 Å². The Labute approximate surface area is 181 Å². The lowest BCUT2D eigenvalue weighted by Crippen LogP contribution is -2.17. The van der Waals surface area contributed by atoms with Crippen LogP contribution in [-0.4, -0.2) is 27.9 Å². The van der Waals surface area contributed by atoms with Gasteiger partial charge in [-0.15, -0.1) is 0 Å². The van der Waals surface area contributed by atoms with Gasteiger partial charge in [-0.1, -0.05) is 24.3 Å². The number of hydrogen-bond acceptors (Lipinski definition) is 5. The third-order valence-corrected chi connectivity index (χ3v) is 4.72. The number of aromatic amines is 1. The number of nitro groups is 1. The molecular weight excluding hydrogens is 410 g/mol. The van der Waals surface area contributed by atoms with Crippen molar-refractivity contribution in [1.29, 1.82) is 0 Å². The summed E-state index contributed by atoms with van der Waals surface area (Å²) in [6.07, 6.45) is 3.36. The lowest BCUT2D eigenvalue weighted by atomic mass is 10.1. The standard InChI is InChI=1S/C23H17N5O4/c29-22(16-4-3-5-19(12-16)28(31)32)26-18-10-8-15(9-11-18)23(30)27-25-14-17-13-24-21-7-2-1-6-20(17)21/h1-14,24H,(H,26,29)(H,27,30)/b25-14+. The highest BCUT2D eigenvalue weighted by atomic mass is 16.6. The normalized spacial score (nSPS) is 10.9. The molecule has 4 aromatic rings. The van der Waals surface area contributed by atoms with E-state index in [1.807, 2.05) is 24.3 Å². The summed E-state index contributed by atoms with van der Waals surface area (Å²) >= 11 is 0. The van der Waals surface area contributed by atoms with E-state index in [9.17, 15) is 19.7 Å². The van der Waals surface area contributed by atoms with Crippen LogP contribution >= 0.6 is 0 Å². The highest BCUT2D eigenvalue weighted by Crippen LogP contribution is 2.17. The van der Waals surface area contributed by atoms with Crippen LogP contribution in [0.3, 0.4) is 0 Å². The maximum Gasteiger partial charge on any atom is 0.271 e. The first kappa shape index (κ1) is 20.5. The molecule has 0 aliphatic rings. The van der Waals surface area contributed by atoms with Gasteiger partial charge in [0.15, 0.2) is 0 Å². The topological polar surface area (TPSA) is 129 Å². The van der Waals surface area contributed by atoms with Crippen LogP contribution < -0.4 is 10.7 Å². The molecule has 2 amide bonds. The molecule has 0 atom stereocenters. The van der Waals surface area contributed by atoms with E-state index in [2.05, 4.69) is 20.8 Å². The molecule has 0 aliphatic heterocycles. The fourth-order valence-corrected chi connectivity index (χ4v) is 3.09. The first-order valence-electron chi connectivity index (χ1n) is 9.56. The molecule has 4 rings (SSSR count). The molecule has 9 heteroatoms. The number of H-pyrrole nitrogens is 1. The van der Waals surface area contributed by atoms with Gasteiger partial charge in [0.25, 0.3) is 17.5 Å². The number of nitrogens with zero attached hydrogens (tertiary/aromatic N) is 2. The van der Waals surface area contributed by atoms with Crippen molar-refractivity contribution in [2.24, 2.45) is 5.10 Å². The fourth-order valence-electron chi connectivity index (χ4n) is 3.09. The van der Waals surface area contributed by atoms with E-state index < -0.39 is 16.7 Å². The minimum absolute atomic E-state index is 0.160. The number of nitro benzene ring substituents is 1. The van der Waals surface area contributed by atoms with Gasteiger partial charge in [0.05, 0.1) is 11.1 Å². The summed E-state index contributed by atoms with van der Waals surface area (Å²) in [5.74, 6) is -0.896. The quantitative estimate of drug-likeness (QED) is 0.243. The molecule has 0 bridgehead atoms. The van der Waals surface area contributed by atoms with Gasteiger partial charge in [-0.2, -0.15) is 5.10 Å². The third-order valence-electron chi connectivity index (χ3n) is 4.72. The van der Waals surface area contributed by atoms with Crippen LogP contribution in [0.25, 0.3) is 10.9 Å². The number of non-ortho nitro benzene ring substituents is 1. The SMILES string of the molecule is O=C(N/N=C/c1c[nH]c2ccccc12)c1ccc(NC(=O)c2cccc([N+](=O)[O-])c2)cc1. The summed E-state index contributed by atoms with van der Waals surface area (Å²) in [7, 11) is 0. The number of carbonyl (C=O) groups excluding carboxylic acids is 2. The molecule has 32 heavy (non-hydrogen) atoms. The van der Waals surface area contributed by atoms with Crippen LogP contribution in [0.15, 0.2) is 84.1 Å². The molecule has 158 valence electrons. The molecule has 0 radical (unpaired) electrons. The minimum Gasteiger partial charge on any atom is -0.361 e. The zero-order valence-corrected chi connectivity index (χ0v) is 16.6. The first-order chi connectivity index (χ1) is 15.5. The maximum absolute atomic E-state index is 12.3. The summed E-state index contributed by atoms with van der Waals surface area (Å²) in [5.41, 5.74) is 5.08. The molecule has 0 unspecified atom stereocenters. The highest BCUT2D eigenvalue weighted by Gasteiger charge is 2.12. The number of para-hydroxylation sites is 1. The zero-order valence-electron chi connectivity index (χ0n) is 16.6. The molecule has 0 saturated heterocycles. The van der Waals surface area contributed by atoms with Crippen molar-refractivity contribution in [1.82, 2.24) is 10.4 Å². The predicted octanol–water partition coefficient (Wildman–Crippen LogP) is 4.09. The summed E-state index contributed by atoms with van der Waals surface area (Å²) < 4.78 is 0. The monoisotopic (exact) mass is 427 g/mol. The van der Waals surface area contributed by atoms with E-state index in [1.54, 1.807) is 36.7 Å². The van der Waals surface area contributed by atoms with Gasteiger partial charge in [-0.05, 0) is 36.4 Å². The van der Waals surface area contributed by atoms with Gasteiger partial charge >= 0.3 is 0 Å². The summed E-state index contributed by atoms with van der Waals surface area (Å²) in [5, 5.41) is 18.5. The van der Waals surface area contributed by atoms with Crippen molar-refractivity contribution >= 4 is 40.3 Å². The van der Waals surface area contributed by atoms with Crippen molar-refractivity contribution in [3.63, 3.8) is 0 Å². The average molecular weight is 427 g/mol. The molecule has 1 aromatic heterocycles.